The van der Waals surface area contributed by atoms with Crippen molar-refractivity contribution in [1.82, 2.24) is 10.2 Å². The van der Waals surface area contributed by atoms with Crippen LogP contribution in [0, 0.1) is 0 Å². The summed E-state index contributed by atoms with van der Waals surface area (Å²) in [6, 6.07) is 11.2. The van der Waals surface area contributed by atoms with Gasteiger partial charge in [-0.3, -0.25) is 14.5 Å². The van der Waals surface area contributed by atoms with Crippen LogP contribution in [0.1, 0.15) is 42.5 Å². The van der Waals surface area contributed by atoms with Crippen LogP contribution >= 0.6 is 11.6 Å². The number of ether oxygens (including phenoxy) is 3. The number of benzene rings is 2. The molecule has 2 aromatic rings. The van der Waals surface area contributed by atoms with Gasteiger partial charge in [-0.25, -0.2) is 0 Å². The number of hydrogen-bond acceptors (Lipinski definition) is 6. The molecule has 0 saturated carbocycles. The Hall–Kier alpha value is -2.97. The van der Waals surface area contributed by atoms with Gasteiger partial charge in [-0.1, -0.05) is 30.2 Å². The number of hydrogen-bond donors (Lipinski definition) is 1. The summed E-state index contributed by atoms with van der Waals surface area (Å²) in [4.78, 5) is 30.2. The monoisotopic (exact) mass is 515 g/mol. The van der Waals surface area contributed by atoms with Crippen molar-refractivity contribution in [1.29, 1.82) is 0 Å². The first kappa shape index (κ1) is 26.1. The molecule has 0 aliphatic carbocycles. The van der Waals surface area contributed by atoms with Crippen molar-refractivity contribution < 1.29 is 23.8 Å². The topological polar surface area (TPSA) is 80.3 Å². The Bertz CT molecular complexity index is 1070. The molecule has 0 radical (unpaired) electrons. The van der Waals surface area contributed by atoms with Gasteiger partial charge in [0.05, 0.1) is 38.6 Å². The number of carbonyl (C=O) groups is 2. The lowest BCUT2D eigenvalue weighted by Crippen LogP contribution is -2.59. The van der Waals surface area contributed by atoms with E-state index in [0.717, 1.165) is 32.1 Å². The molecule has 2 heterocycles. The zero-order valence-corrected chi connectivity index (χ0v) is 22.0. The lowest BCUT2D eigenvalue weighted by atomic mass is 9.81. The number of nitrogens with zero attached hydrogens (tertiary/aromatic N) is 2. The number of halogens is 1. The van der Waals surface area contributed by atoms with Crippen molar-refractivity contribution in [3.8, 4) is 17.2 Å². The third-order valence-corrected chi connectivity index (χ3v) is 7.61. The summed E-state index contributed by atoms with van der Waals surface area (Å²) in [5.41, 5.74) is 1.16. The maximum Gasteiger partial charge on any atom is 0.251 e. The van der Waals surface area contributed by atoms with Crippen LogP contribution in [0.3, 0.4) is 0 Å². The highest BCUT2D eigenvalue weighted by molar-refractivity contribution is 6.33. The molecule has 2 aromatic carbocycles. The molecule has 2 bridgehead atoms. The summed E-state index contributed by atoms with van der Waals surface area (Å²) in [5.74, 6) is 1.16. The van der Waals surface area contributed by atoms with Crippen molar-refractivity contribution >= 4 is 29.1 Å². The van der Waals surface area contributed by atoms with E-state index in [4.69, 9.17) is 25.8 Å². The van der Waals surface area contributed by atoms with Crippen LogP contribution in [0.2, 0.25) is 5.02 Å². The normalized spacial score (nSPS) is 21.4. The Morgan fingerprint density at radius 3 is 2.19 bits per heavy atom. The lowest BCUT2D eigenvalue weighted by molar-refractivity contribution is -0.122. The van der Waals surface area contributed by atoms with Crippen LogP contribution in [0.5, 0.6) is 17.2 Å². The average Bonchev–Trinajstić information content (AvgIpc) is 2.87. The summed E-state index contributed by atoms with van der Waals surface area (Å²) >= 11 is 6.30. The Balaban J connectivity index is 1.43. The molecule has 2 fully saturated rings. The number of likely N-dealkylation sites (N-methyl/N-ethyl adjacent to an activating group) is 1. The van der Waals surface area contributed by atoms with Gasteiger partial charge >= 0.3 is 0 Å². The fourth-order valence-electron chi connectivity index (χ4n) is 5.46. The molecule has 2 aliphatic rings. The van der Waals surface area contributed by atoms with Gasteiger partial charge in [-0.2, -0.15) is 0 Å². The van der Waals surface area contributed by atoms with E-state index >= 15 is 0 Å². The second-order valence-electron chi connectivity index (χ2n) is 9.37. The fourth-order valence-corrected chi connectivity index (χ4v) is 5.72. The third-order valence-electron chi connectivity index (χ3n) is 7.29. The van der Waals surface area contributed by atoms with Crippen molar-refractivity contribution in [2.24, 2.45) is 0 Å². The SMILES string of the molecule is COc1cc(C(=O)NC2CC3CCCC(C2)N3CC(=O)N(C)c2ccccc2Cl)cc(OC)c1OC. The molecule has 4 rings (SSSR count). The minimum absolute atomic E-state index is 0.0138. The molecule has 2 saturated heterocycles. The molecule has 0 spiro atoms. The van der Waals surface area contributed by atoms with Gasteiger partial charge in [0.25, 0.3) is 5.91 Å². The fraction of sp³-hybridized carbons (Fsp3) is 0.481. The predicted molar refractivity (Wildman–Crippen MR) is 140 cm³/mol. The third kappa shape index (κ3) is 5.39. The van der Waals surface area contributed by atoms with Crippen LogP contribution in [-0.2, 0) is 4.79 Å². The maximum absolute atomic E-state index is 13.2. The number of piperidine rings is 2. The molecule has 2 unspecified atom stereocenters. The van der Waals surface area contributed by atoms with Gasteiger partial charge < -0.3 is 24.4 Å². The molecule has 0 aromatic heterocycles. The number of methoxy groups -OCH3 is 3. The predicted octanol–water partition coefficient (Wildman–Crippen LogP) is 4.14. The van der Waals surface area contributed by atoms with Crippen molar-refractivity contribution in [2.45, 2.75) is 50.2 Å². The molecule has 9 heteroatoms. The van der Waals surface area contributed by atoms with Crippen molar-refractivity contribution in [3.63, 3.8) is 0 Å². The number of anilines is 1. The summed E-state index contributed by atoms with van der Waals surface area (Å²) < 4.78 is 16.2. The van der Waals surface area contributed by atoms with E-state index < -0.39 is 0 Å². The number of fused-ring (bicyclic) bond motifs is 2. The average molecular weight is 516 g/mol. The molecule has 36 heavy (non-hydrogen) atoms. The van der Waals surface area contributed by atoms with Crippen LogP contribution in [0.4, 0.5) is 5.69 Å². The van der Waals surface area contributed by atoms with E-state index in [1.54, 1.807) is 30.1 Å². The van der Waals surface area contributed by atoms with Gasteiger partial charge in [0.15, 0.2) is 11.5 Å². The van der Waals surface area contributed by atoms with Gasteiger partial charge in [0.1, 0.15) is 0 Å². The summed E-state index contributed by atoms with van der Waals surface area (Å²) in [6.45, 7) is 0.338. The molecule has 2 aliphatic heterocycles. The van der Waals surface area contributed by atoms with E-state index in [1.165, 1.54) is 21.3 Å². The number of para-hydroxylation sites is 1. The first-order valence-electron chi connectivity index (χ1n) is 12.2. The maximum atomic E-state index is 13.2. The second kappa shape index (κ2) is 11.4. The largest absolute Gasteiger partial charge is 0.493 e. The summed E-state index contributed by atoms with van der Waals surface area (Å²) in [7, 11) is 6.36. The van der Waals surface area contributed by atoms with Crippen LogP contribution in [-0.4, -0.2) is 69.8 Å². The molecule has 1 N–H and O–H groups in total. The zero-order valence-electron chi connectivity index (χ0n) is 21.3. The minimum Gasteiger partial charge on any atom is -0.493 e. The van der Waals surface area contributed by atoms with E-state index in [2.05, 4.69) is 10.2 Å². The van der Waals surface area contributed by atoms with Gasteiger partial charge in [0.2, 0.25) is 11.7 Å². The van der Waals surface area contributed by atoms with Gasteiger partial charge in [0, 0.05) is 30.7 Å². The van der Waals surface area contributed by atoms with E-state index in [1.807, 2.05) is 18.2 Å². The second-order valence-corrected chi connectivity index (χ2v) is 9.78. The number of amides is 2. The standard InChI is InChI=1S/C27H34ClN3O5/c1-30(22-11-6-5-10-21(22)28)25(32)16-31-19-8-7-9-20(31)15-18(14-19)29-27(33)17-12-23(34-2)26(36-4)24(13-17)35-3/h5-6,10-13,18-20H,7-9,14-16H2,1-4H3,(H,29,33). The number of rotatable bonds is 8. The number of nitrogens with one attached hydrogen (secondary N) is 1. The van der Waals surface area contributed by atoms with Gasteiger partial charge in [-0.15, -0.1) is 0 Å². The molecular formula is C27H34ClN3O5. The zero-order chi connectivity index (χ0) is 25.8. The molecule has 194 valence electrons. The first-order valence-corrected chi connectivity index (χ1v) is 12.6. The molecule has 2 atom stereocenters. The van der Waals surface area contributed by atoms with Crippen LogP contribution < -0.4 is 24.4 Å². The highest BCUT2D eigenvalue weighted by Gasteiger charge is 2.40. The Morgan fingerprint density at radius 1 is 1.03 bits per heavy atom. The molecule has 8 nitrogen and oxygen atoms in total. The Morgan fingerprint density at radius 2 is 1.64 bits per heavy atom. The first-order chi connectivity index (χ1) is 17.4. The summed E-state index contributed by atoms with van der Waals surface area (Å²) in [6.07, 6.45) is 4.76. The van der Waals surface area contributed by atoms with E-state index in [-0.39, 0.29) is 29.9 Å². The van der Waals surface area contributed by atoms with Gasteiger partial charge in [-0.05, 0) is 49.9 Å². The Kier molecular flexibility index (Phi) is 8.26. The minimum atomic E-state index is -0.180. The molecular weight excluding hydrogens is 482 g/mol. The molecule has 2 amide bonds. The summed E-state index contributed by atoms with van der Waals surface area (Å²) in [5, 5.41) is 3.76. The number of carbonyl (C=O) groups excluding carboxylic acids is 2. The smallest absolute Gasteiger partial charge is 0.251 e. The Labute approximate surface area is 217 Å². The lowest BCUT2D eigenvalue weighted by Gasteiger charge is -2.49. The van der Waals surface area contributed by atoms with Crippen molar-refractivity contribution in [2.75, 3.05) is 39.8 Å². The van der Waals surface area contributed by atoms with E-state index in [0.29, 0.717) is 40.1 Å². The quantitative estimate of drug-likeness (QED) is 0.569. The van der Waals surface area contributed by atoms with Crippen LogP contribution in [0.15, 0.2) is 36.4 Å². The van der Waals surface area contributed by atoms with E-state index in [9.17, 15) is 9.59 Å². The highest BCUT2D eigenvalue weighted by Crippen LogP contribution is 2.39. The van der Waals surface area contributed by atoms with Crippen LogP contribution in [0.25, 0.3) is 0 Å². The highest BCUT2D eigenvalue weighted by atomic mass is 35.5. The van der Waals surface area contributed by atoms with Crippen molar-refractivity contribution in [3.05, 3.63) is 47.0 Å².